The molecule has 7 nitrogen and oxygen atoms in total. The number of amides is 1. The van der Waals surface area contributed by atoms with E-state index in [0.717, 1.165) is 18.2 Å². The number of hydrogen-bond acceptors (Lipinski definition) is 7. The molecule has 1 saturated heterocycles. The highest BCUT2D eigenvalue weighted by Gasteiger charge is 2.80. The van der Waals surface area contributed by atoms with Crippen molar-refractivity contribution in [3.05, 3.63) is 59.2 Å². The van der Waals surface area contributed by atoms with Crippen LogP contribution < -0.4 is 0 Å². The second-order valence-electron chi connectivity index (χ2n) is 12.6. The predicted octanol–water partition coefficient (Wildman–Crippen LogP) is 4.99. The Morgan fingerprint density at radius 2 is 1.86 bits per heavy atom. The summed E-state index contributed by atoms with van der Waals surface area (Å²) >= 11 is 0.360. The van der Waals surface area contributed by atoms with Gasteiger partial charge in [-0.3, -0.25) is 14.4 Å². The monoisotopic (exact) mass is 609 g/mol. The second-order valence-corrected chi connectivity index (χ2v) is 13.5. The van der Waals surface area contributed by atoms with Crippen molar-refractivity contribution in [3.8, 4) is 0 Å². The van der Waals surface area contributed by atoms with Crippen molar-refractivity contribution in [2.24, 2.45) is 22.7 Å². The lowest BCUT2D eigenvalue weighted by Gasteiger charge is -2.63. The number of halogens is 4. The first-order chi connectivity index (χ1) is 19.6. The first kappa shape index (κ1) is 29.5. The van der Waals surface area contributed by atoms with Gasteiger partial charge in [0.15, 0.2) is 23.3 Å². The van der Waals surface area contributed by atoms with E-state index < -0.39 is 86.4 Å². The molecule has 0 bridgehead atoms. The molecule has 4 fully saturated rings. The maximum atomic E-state index is 17.6. The van der Waals surface area contributed by atoms with Crippen LogP contribution in [0.25, 0.3) is 0 Å². The number of ketones is 1. The van der Waals surface area contributed by atoms with E-state index in [9.17, 15) is 28.3 Å². The summed E-state index contributed by atoms with van der Waals surface area (Å²) in [6.45, 7) is 3.10. The number of thioether (sulfide) groups is 1. The highest BCUT2D eigenvalue weighted by molar-refractivity contribution is 8.26. The average Bonchev–Trinajstić information content (AvgIpc) is 3.40. The van der Waals surface area contributed by atoms with E-state index >= 15 is 8.78 Å². The fourth-order valence-electron chi connectivity index (χ4n) is 8.38. The van der Waals surface area contributed by atoms with Gasteiger partial charge in [0.25, 0.3) is 5.24 Å². The zero-order chi connectivity index (χ0) is 30.6. The Morgan fingerprint density at radius 3 is 2.52 bits per heavy atom. The molecule has 1 aliphatic heterocycles. The van der Waals surface area contributed by atoms with Crippen LogP contribution in [0.1, 0.15) is 45.0 Å². The van der Waals surface area contributed by atoms with Gasteiger partial charge in [-0.1, -0.05) is 13.0 Å². The summed E-state index contributed by atoms with van der Waals surface area (Å²) in [5.74, 6) is -4.15. The number of aliphatic hydroxyl groups is 1. The number of alkyl halides is 2. The lowest BCUT2D eigenvalue weighted by molar-refractivity contribution is -0.232. The summed E-state index contributed by atoms with van der Waals surface area (Å²) < 4.78 is 74.3. The topological polar surface area (TPSA) is 93.1 Å². The molecule has 10 atom stereocenters. The minimum absolute atomic E-state index is 0.00812. The molecule has 2 unspecified atom stereocenters. The van der Waals surface area contributed by atoms with Gasteiger partial charge in [-0.2, -0.15) is 0 Å². The summed E-state index contributed by atoms with van der Waals surface area (Å²) in [5.41, 5.74) is -7.57. The normalized spacial score (nSPS) is 43.6. The van der Waals surface area contributed by atoms with E-state index in [-0.39, 0.29) is 30.4 Å². The molecular weight excluding hydrogens is 578 g/mol. The Labute approximate surface area is 244 Å². The smallest absolute Gasteiger partial charge is 0.288 e. The van der Waals surface area contributed by atoms with Crippen molar-refractivity contribution in [1.82, 2.24) is 4.90 Å². The summed E-state index contributed by atoms with van der Waals surface area (Å²) in [6, 6.07) is 2.80. The van der Waals surface area contributed by atoms with Gasteiger partial charge >= 0.3 is 0 Å². The molecule has 1 amide bonds. The average molecular weight is 610 g/mol. The maximum Gasteiger partial charge on any atom is 0.288 e. The van der Waals surface area contributed by atoms with E-state index in [0.29, 0.717) is 17.8 Å². The molecule has 5 aliphatic rings. The van der Waals surface area contributed by atoms with Gasteiger partial charge in [0.1, 0.15) is 17.8 Å². The van der Waals surface area contributed by atoms with E-state index in [1.807, 2.05) is 0 Å². The number of benzene rings is 1. The molecule has 0 aromatic heterocycles. The molecule has 1 heterocycles. The lowest BCUT2D eigenvalue weighted by Crippen LogP contribution is -2.70. The van der Waals surface area contributed by atoms with Crippen molar-refractivity contribution in [3.63, 3.8) is 0 Å². The molecule has 42 heavy (non-hydrogen) atoms. The number of hydrogen-bond donors (Lipinski definition) is 1. The zero-order valence-electron chi connectivity index (χ0n) is 23.4. The second kappa shape index (κ2) is 9.48. The van der Waals surface area contributed by atoms with Crippen molar-refractivity contribution < 1.29 is 46.5 Å². The third-order valence-electron chi connectivity index (χ3n) is 10.4. The summed E-state index contributed by atoms with van der Waals surface area (Å²) in [7, 11) is 2.91. The summed E-state index contributed by atoms with van der Waals surface area (Å²) in [4.78, 5) is 40.1. The van der Waals surface area contributed by atoms with Crippen LogP contribution in [0.3, 0.4) is 0 Å². The molecule has 1 aromatic carbocycles. The van der Waals surface area contributed by atoms with Crippen LogP contribution in [-0.2, 0) is 19.1 Å². The fraction of sp³-hybridized carbons (Fsp3) is 0.567. The number of nitrogens with zero attached hydrogens (tertiary/aromatic N) is 1. The van der Waals surface area contributed by atoms with E-state index in [4.69, 9.17) is 9.47 Å². The van der Waals surface area contributed by atoms with Crippen molar-refractivity contribution in [1.29, 1.82) is 0 Å². The SMILES string of the molecule is CN(C)C(=O)SC(=O)[C@@]12OC(c3ccc(F)cc3F)O[C@@H]1CC1[C@@H]3C[C@H](F)C4=CC(=O)C=C[C@]4(C)[C@@]3(F)[C@@H](O)C[C@@]12C. The van der Waals surface area contributed by atoms with Gasteiger partial charge in [-0.15, -0.1) is 0 Å². The Kier molecular flexibility index (Phi) is 6.66. The summed E-state index contributed by atoms with van der Waals surface area (Å²) in [6.07, 6.45) is -3.10. The van der Waals surface area contributed by atoms with E-state index in [1.165, 1.54) is 38.1 Å². The quantitative estimate of drug-likeness (QED) is 0.473. The van der Waals surface area contributed by atoms with Gasteiger partial charge in [-0.25, -0.2) is 17.6 Å². The van der Waals surface area contributed by atoms with Crippen LogP contribution in [0.4, 0.5) is 22.4 Å². The highest BCUT2D eigenvalue weighted by atomic mass is 32.2. The molecule has 12 heteroatoms. The Hall–Kier alpha value is -2.54. The number of aliphatic hydroxyl groups excluding tert-OH is 1. The van der Waals surface area contributed by atoms with E-state index in [2.05, 4.69) is 0 Å². The van der Waals surface area contributed by atoms with Crippen LogP contribution in [-0.4, -0.2) is 69.9 Å². The van der Waals surface area contributed by atoms with E-state index in [1.54, 1.807) is 6.92 Å². The van der Waals surface area contributed by atoms with Crippen LogP contribution in [0.5, 0.6) is 0 Å². The Morgan fingerprint density at radius 1 is 1.14 bits per heavy atom. The number of carbonyl (C=O) groups is 3. The zero-order valence-corrected chi connectivity index (χ0v) is 24.2. The highest BCUT2D eigenvalue weighted by Crippen LogP contribution is 2.73. The minimum atomic E-state index is -2.40. The Balaban J connectivity index is 1.46. The number of carbonyl (C=O) groups excluding carboxylic acids is 3. The first-order valence-corrected chi connectivity index (χ1v) is 14.6. The minimum Gasteiger partial charge on any atom is -0.390 e. The van der Waals surface area contributed by atoms with Crippen molar-refractivity contribution >= 4 is 27.9 Å². The van der Waals surface area contributed by atoms with Gasteiger partial charge < -0.3 is 19.5 Å². The van der Waals surface area contributed by atoms with Gasteiger partial charge in [0.2, 0.25) is 5.12 Å². The third-order valence-corrected chi connectivity index (χ3v) is 11.5. The Bertz CT molecular complexity index is 1450. The standard InChI is InChI=1S/C30H31F4NO6S/c1-27-8-7-15(36)10-19(27)21(33)11-18-17-12-23-30(25(38)42-26(39)35(3)4,28(17,2)13-22(37)29(18,27)34)41-24(40-23)16-6-5-14(31)9-20(16)32/h5-10,17-18,21-24,37H,11-13H2,1-4H3/t17?,18-,21-,22-,23+,24?,27-,28-,29-,30-/m0/s1. The molecule has 226 valence electrons. The molecule has 1 aromatic rings. The molecule has 0 radical (unpaired) electrons. The van der Waals surface area contributed by atoms with Crippen LogP contribution in [0.15, 0.2) is 42.0 Å². The van der Waals surface area contributed by atoms with Gasteiger partial charge in [0, 0.05) is 54.2 Å². The largest absolute Gasteiger partial charge is 0.390 e. The number of ether oxygens (including phenoxy) is 2. The third kappa shape index (κ3) is 3.67. The maximum absolute atomic E-state index is 17.6. The first-order valence-electron chi connectivity index (χ1n) is 13.8. The number of allylic oxidation sites excluding steroid dienone is 4. The van der Waals surface area contributed by atoms with Crippen LogP contribution >= 0.6 is 11.8 Å². The predicted molar refractivity (Wildman–Crippen MR) is 143 cm³/mol. The van der Waals surface area contributed by atoms with Crippen molar-refractivity contribution in [2.45, 2.75) is 69.0 Å². The lowest BCUT2D eigenvalue weighted by atomic mass is 9.44. The van der Waals surface area contributed by atoms with Crippen LogP contribution in [0, 0.1) is 34.3 Å². The summed E-state index contributed by atoms with van der Waals surface area (Å²) in [5, 5.41) is 10.3. The van der Waals surface area contributed by atoms with Crippen LogP contribution in [0.2, 0.25) is 0 Å². The fourth-order valence-corrected chi connectivity index (χ4v) is 9.28. The molecule has 1 N–H and O–H groups in total. The number of rotatable bonds is 2. The molecule has 3 saturated carbocycles. The molecular formula is C30H31F4NO6S. The van der Waals surface area contributed by atoms with Crippen molar-refractivity contribution in [2.75, 3.05) is 14.1 Å². The van der Waals surface area contributed by atoms with Gasteiger partial charge in [-0.05, 0) is 62.0 Å². The number of fused-ring (bicyclic) bond motifs is 7. The van der Waals surface area contributed by atoms with Gasteiger partial charge in [0.05, 0.1) is 12.2 Å². The molecule has 6 rings (SSSR count). The molecule has 4 aliphatic carbocycles. The molecule has 0 spiro atoms.